The van der Waals surface area contributed by atoms with Crippen molar-refractivity contribution in [3.8, 4) is 5.75 Å². The fourth-order valence-electron chi connectivity index (χ4n) is 4.21. The second-order valence-electron chi connectivity index (χ2n) is 7.72. The van der Waals surface area contributed by atoms with Gasteiger partial charge in [0.15, 0.2) is 5.13 Å². The molecule has 3 aromatic rings. The molecule has 0 radical (unpaired) electrons. The molecule has 0 saturated carbocycles. The average Bonchev–Trinajstić information content (AvgIpc) is 3.41. The van der Waals surface area contributed by atoms with Gasteiger partial charge >= 0.3 is 0 Å². The molecule has 8 nitrogen and oxygen atoms in total. The van der Waals surface area contributed by atoms with Crippen LogP contribution in [-0.4, -0.2) is 51.4 Å². The molecule has 2 aliphatic rings. The number of aromatic amines is 1. The van der Waals surface area contributed by atoms with Crippen molar-refractivity contribution in [1.82, 2.24) is 19.9 Å². The number of aryl methyl sites for hydroxylation is 1. The van der Waals surface area contributed by atoms with E-state index in [1.165, 1.54) is 11.3 Å². The number of benzene rings is 1. The summed E-state index contributed by atoms with van der Waals surface area (Å²) in [5, 5.41) is 0.643. The largest absolute Gasteiger partial charge is 0.494 e. The summed E-state index contributed by atoms with van der Waals surface area (Å²) in [5.74, 6) is 1.31. The van der Waals surface area contributed by atoms with E-state index < -0.39 is 0 Å². The van der Waals surface area contributed by atoms with Gasteiger partial charge in [0.25, 0.3) is 0 Å². The summed E-state index contributed by atoms with van der Waals surface area (Å²) in [7, 11) is 0. The van der Waals surface area contributed by atoms with E-state index in [0.717, 1.165) is 39.6 Å². The molecule has 1 fully saturated rings. The van der Waals surface area contributed by atoms with Crippen LogP contribution in [0.5, 0.6) is 5.75 Å². The maximum atomic E-state index is 13.1. The highest BCUT2D eigenvalue weighted by Crippen LogP contribution is 2.35. The smallest absolute Gasteiger partial charge is 0.229 e. The number of amides is 2. The Morgan fingerprint density at radius 1 is 1.37 bits per heavy atom. The van der Waals surface area contributed by atoms with Crippen LogP contribution in [0, 0.1) is 12.8 Å². The summed E-state index contributed by atoms with van der Waals surface area (Å²) in [6, 6.07) is 5.73. The highest BCUT2D eigenvalue weighted by molar-refractivity contribution is 7.22. The van der Waals surface area contributed by atoms with E-state index >= 15 is 0 Å². The number of hydrogen-bond donors (Lipinski definition) is 1. The molecule has 1 saturated heterocycles. The van der Waals surface area contributed by atoms with E-state index in [9.17, 15) is 9.59 Å². The fraction of sp³-hybridized carbons (Fsp3) is 0.429. The first-order chi connectivity index (χ1) is 14.5. The standard InChI is InChI=1S/C21H23N5O3S/c1-3-29-14-4-5-16-18(9-14)30-21(24-16)26-10-13(8-19(26)27)20(28)25-7-6-15-17(11-25)23-12(2)22-15/h4-5,9,13H,3,6-8,10-11H2,1-2H3,(H,22,23). The van der Waals surface area contributed by atoms with Gasteiger partial charge in [0, 0.05) is 25.9 Å². The average molecular weight is 426 g/mol. The highest BCUT2D eigenvalue weighted by atomic mass is 32.1. The maximum Gasteiger partial charge on any atom is 0.229 e. The first kappa shape index (κ1) is 19.0. The molecule has 2 aliphatic heterocycles. The molecule has 0 spiro atoms. The Bertz CT molecular complexity index is 1140. The van der Waals surface area contributed by atoms with Crippen molar-refractivity contribution in [2.24, 2.45) is 5.92 Å². The molecule has 1 aromatic carbocycles. The molecule has 156 valence electrons. The summed E-state index contributed by atoms with van der Waals surface area (Å²) in [4.78, 5) is 41.6. The summed E-state index contributed by atoms with van der Waals surface area (Å²) >= 11 is 1.46. The van der Waals surface area contributed by atoms with E-state index in [1.54, 1.807) is 4.90 Å². The van der Waals surface area contributed by atoms with Crippen LogP contribution in [0.1, 0.15) is 30.6 Å². The van der Waals surface area contributed by atoms with E-state index in [1.807, 2.05) is 36.9 Å². The number of aromatic nitrogens is 3. The lowest BCUT2D eigenvalue weighted by molar-refractivity contribution is -0.136. The predicted octanol–water partition coefficient (Wildman–Crippen LogP) is 2.66. The summed E-state index contributed by atoms with van der Waals surface area (Å²) in [6.07, 6.45) is 0.972. The molecule has 9 heteroatoms. The molecular weight excluding hydrogens is 402 g/mol. The van der Waals surface area contributed by atoms with Crippen molar-refractivity contribution in [3.63, 3.8) is 0 Å². The number of imidazole rings is 1. The van der Waals surface area contributed by atoms with Crippen LogP contribution in [-0.2, 0) is 22.6 Å². The van der Waals surface area contributed by atoms with Crippen molar-refractivity contribution in [2.45, 2.75) is 33.2 Å². The Morgan fingerprint density at radius 3 is 3.07 bits per heavy atom. The van der Waals surface area contributed by atoms with Crippen LogP contribution < -0.4 is 9.64 Å². The molecule has 1 unspecified atom stereocenters. The van der Waals surface area contributed by atoms with E-state index in [0.29, 0.717) is 31.4 Å². The molecule has 2 amide bonds. The fourth-order valence-corrected chi connectivity index (χ4v) is 5.23. The highest BCUT2D eigenvalue weighted by Gasteiger charge is 2.39. The predicted molar refractivity (Wildman–Crippen MR) is 114 cm³/mol. The second kappa shape index (κ2) is 7.39. The number of nitrogens with zero attached hydrogens (tertiary/aromatic N) is 4. The third-order valence-corrected chi connectivity index (χ3v) is 6.67. The lowest BCUT2D eigenvalue weighted by Crippen LogP contribution is -2.40. The van der Waals surface area contributed by atoms with Gasteiger partial charge in [-0.25, -0.2) is 9.97 Å². The molecule has 1 N–H and O–H groups in total. The van der Waals surface area contributed by atoms with Gasteiger partial charge in [0.05, 0.1) is 40.7 Å². The number of H-pyrrole nitrogens is 1. The van der Waals surface area contributed by atoms with Gasteiger partial charge in [-0.3, -0.25) is 14.5 Å². The maximum absolute atomic E-state index is 13.1. The molecule has 4 heterocycles. The molecular formula is C21H23N5O3S. The molecule has 0 bridgehead atoms. The van der Waals surface area contributed by atoms with Gasteiger partial charge in [-0.2, -0.15) is 0 Å². The lowest BCUT2D eigenvalue weighted by Gasteiger charge is -2.28. The van der Waals surface area contributed by atoms with Crippen molar-refractivity contribution in [3.05, 3.63) is 35.4 Å². The zero-order valence-corrected chi connectivity index (χ0v) is 17.8. The Kier molecular flexibility index (Phi) is 4.69. The van der Waals surface area contributed by atoms with Gasteiger partial charge in [-0.15, -0.1) is 0 Å². The second-order valence-corrected chi connectivity index (χ2v) is 8.73. The Labute approximate surface area is 177 Å². The van der Waals surface area contributed by atoms with Gasteiger partial charge in [-0.1, -0.05) is 11.3 Å². The number of fused-ring (bicyclic) bond motifs is 2. The number of rotatable bonds is 4. The number of carbonyl (C=O) groups is 2. The monoisotopic (exact) mass is 425 g/mol. The number of hydrogen-bond acceptors (Lipinski definition) is 6. The summed E-state index contributed by atoms with van der Waals surface area (Å²) in [6.45, 7) is 6.01. The van der Waals surface area contributed by atoms with Crippen molar-refractivity contribution in [2.75, 3.05) is 24.6 Å². The molecule has 30 heavy (non-hydrogen) atoms. The van der Waals surface area contributed by atoms with Gasteiger partial charge < -0.3 is 14.6 Å². The van der Waals surface area contributed by atoms with Crippen molar-refractivity contribution in [1.29, 1.82) is 0 Å². The summed E-state index contributed by atoms with van der Waals surface area (Å²) in [5.41, 5.74) is 2.88. The van der Waals surface area contributed by atoms with E-state index in [-0.39, 0.29) is 24.2 Å². The number of thiazole rings is 1. The zero-order chi connectivity index (χ0) is 20.8. The number of anilines is 1. The van der Waals surface area contributed by atoms with Gasteiger partial charge in [0.2, 0.25) is 11.8 Å². The first-order valence-electron chi connectivity index (χ1n) is 10.2. The Balaban J connectivity index is 1.32. The van der Waals surface area contributed by atoms with Crippen molar-refractivity contribution >= 4 is 38.5 Å². The normalized spacial score (nSPS) is 18.9. The van der Waals surface area contributed by atoms with Crippen LogP contribution in [0.25, 0.3) is 10.2 Å². The van der Waals surface area contributed by atoms with E-state index in [4.69, 9.17) is 4.74 Å². The molecule has 5 rings (SSSR count). The molecule has 0 aliphatic carbocycles. The Hall–Kier alpha value is -2.94. The number of nitrogens with one attached hydrogen (secondary N) is 1. The zero-order valence-electron chi connectivity index (χ0n) is 17.0. The van der Waals surface area contributed by atoms with Crippen LogP contribution in [0.4, 0.5) is 5.13 Å². The van der Waals surface area contributed by atoms with Crippen molar-refractivity contribution < 1.29 is 14.3 Å². The van der Waals surface area contributed by atoms with Crippen LogP contribution in [0.2, 0.25) is 0 Å². The molecule has 2 aromatic heterocycles. The van der Waals surface area contributed by atoms with Crippen LogP contribution in [0.3, 0.4) is 0 Å². The third-order valence-electron chi connectivity index (χ3n) is 5.63. The topological polar surface area (TPSA) is 91.4 Å². The molecule has 1 atom stereocenters. The van der Waals surface area contributed by atoms with E-state index in [2.05, 4.69) is 15.0 Å². The summed E-state index contributed by atoms with van der Waals surface area (Å²) < 4.78 is 6.52. The first-order valence-corrected chi connectivity index (χ1v) is 11.0. The minimum absolute atomic E-state index is 0.0310. The lowest BCUT2D eigenvalue weighted by atomic mass is 10.0. The minimum Gasteiger partial charge on any atom is -0.494 e. The SMILES string of the molecule is CCOc1ccc2nc(N3CC(C(=O)N4CCc5nc(C)[nH]c5C4)CC3=O)sc2c1. The van der Waals surface area contributed by atoms with Crippen LogP contribution >= 0.6 is 11.3 Å². The number of carbonyl (C=O) groups excluding carboxylic acids is 2. The van der Waals surface area contributed by atoms with Crippen LogP contribution in [0.15, 0.2) is 18.2 Å². The van der Waals surface area contributed by atoms with Gasteiger partial charge in [0.1, 0.15) is 11.6 Å². The van der Waals surface area contributed by atoms with Gasteiger partial charge in [-0.05, 0) is 32.0 Å². The minimum atomic E-state index is -0.339. The third kappa shape index (κ3) is 3.32. The quantitative estimate of drug-likeness (QED) is 0.694. The Morgan fingerprint density at radius 2 is 2.23 bits per heavy atom. The number of ether oxygens (including phenoxy) is 1.